The molecule has 0 saturated heterocycles. The average Bonchev–Trinajstić information content (AvgIpc) is 2.04. The van der Waals surface area contributed by atoms with E-state index in [1.807, 2.05) is 0 Å². The van der Waals surface area contributed by atoms with Gasteiger partial charge in [0.2, 0.25) is 0 Å². The van der Waals surface area contributed by atoms with E-state index in [9.17, 15) is 0 Å². The molecule has 2 N–H and O–H groups in total. The minimum absolute atomic E-state index is 0.382. The maximum atomic E-state index is 8.91. The van der Waals surface area contributed by atoms with E-state index < -0.39 is 6.23 Å². The molecule has 66 valence electrons. The van der Waals surface area contributed by atoms with Gasteiger partial charge in [0.1, 0.15) is 6.23 Å². The van der Waals surface area contributed by atoms with Gasteiger partial charge in [0.05, 0.1) is 6.73 Å². The summed E-state index contributed by atoms with van der Waals surface area (Å²) in [6.45, 7) is 6.64. The third kappa shape index (κ3) is 7.52. The summed E-state index contributed by atoms with van der Waals surface area (Å²) >= 11 is 0. The van der Waals surface area contributed by atoms with Crippen LogP contribution in [-0.4, -0.2) is 24.7 Å². The molecule has 0 amide bonds. The molecule has 0 radical (unpaired) electrons. The first-order valence-electron chi connectivity index (χ1n) is 3.93. The summed E-state index contributed by atoms with van der Waals surface area (Å²) in [7, 11) is 0. The highest BCUT2D eigenvalue weighted by molar-refractivity contribution is 4.74. The van der Waals surface area contributed by atoms with Gasteiger partial charge in [0, 0.05) is 6.61 Å². The highest BCUT2D eigenvalue weighted by Crippen LogP contribution is 1.86. The highest BCUT2D eigenvalue weighted by Gasteiger charge is 1.93. The van der Waals surface area contributed by atoms with Crippen molar-refractivity contribution in [3.05, 3.63) is 12.7 Å². The summed E-state index contributed by atoms with van der Waals surface area (Å²) in [4.78, 5) is 0. The van der Waals surface area contributed by atoms with Crippen LogP contribution in [0.5, 0.6) is 0 Å². The van der Waals surface area contributed by atoms with Gasteiger partial charge in [-0.05, 0) is 12.5 Å². The monoisotopic (exact) mass is 159 g/mol. The zero-order valence-corrected chi connectivity index (χ0v) is 7.05. The van der Waals surface area contributed by atoms with E-state index in [1.165, 1.54) is 6.08 Å². The molecule has 0 aliphatic heterocycles. The molecule has 0 aliphatic carbocycles. The number of ether oxygens (including phenoxy) is 1. The molecular formula is C8H17NO2. The van der Waals surface area contributed by atoms with Crippen LogP contribution < -0.4 is 5.32 Å². The largest absolute Gasteiger partial charge is 0.375 e. The fraction of sp³-hybridized carbons (Fsp3) is 0.750. The normalized spacial score (nSPS) is 12.9. The summed E-state index contributed by atoms with van der Waals surface area (Å²) in [5.41, 5.74) is 0. The Labute approximate surface area is 68.1 Å². The Morgan fingerprint density at radius 2 is 2.45 bits per heavy atom. The molecule has 0 bridgehead atoms. The fourth-order valence-electron chi connectivity index (χ4n) is 0.546. The predicted molar refractivity (Wildman–Crippen MR) is 45.1 cm³/mol. The van der Waals surface area contributed by atoms with Gasteiger partial charge in [0.15, 0.2) is 0 Å². The van der Waals surface area contributed by atoms with Gasteiger partial charge in [-0.2, -0.15) is 0 Å². The van der Waals surface area contributed by atoms with E-state index in [0.717, 1.165) is 19.4 Å². The molecular weight excluding hydrogens is 142 g/mol. The van der Waals surface area contributed by atoms with Crippen molar-refractivity contribution >= 4 is 0 Å². The third-order valence-corrected chi connectivity index (χ3v) is 1.26. The van der Waals surface area contributed by atoms with Crippen molar-refractivity contribution in [1.82, 2.24) is 5.32 Å². The molecule has 0 aromatic carbocycles. The van der Waals surface area contributed by atoms with Crippen LogP contribution in [0, 0.1) is 0 Å². The first kappa shape index (κ1) is 10.6. The van der Waals surface area contributed by atoms with Crippen molar-refractivity contribution in [3.63, 3.8) is 0 Å². The summed E-state index contributed by atoms with van der Waals surface area (Å²) in [6, 6.07) is 0. The van der Waals surface area contributed by atoms with Crippen LogP contribution in [0.4, 0.5) is 0 Å². The summed E-state index contributed by atoms with van der Waals surface area (Å²) in [5, 5.41) is 11.6. The molecule has 3 nitrogen and oxygen atoms in total. The van der Waals surface area contributed by atoms with E-state index >= 15 is 0 Å². The van der Waals surface area contributed by atoms with Crippen molar-refractivity contribution in [2.75, 3.05) is 13.3 Å². The Morgan fingerprint density at radius 1 is 1.73 bits per heavy atom. The molecule has 11 heavy (non-hydrogen) atoms. The van der Waals surface area contributed by atoms with Gasteiger partial charge in [-0.25, -0.2) is 0 Å². The van der Waals surface area contributed by atoms with Gasteiger partial charge >= 0.3 is 0 Å². The van der Waals surface area contributed by atoms with Crippen LogP contribution in [0.3, 0.4) is 0 Å². The summed E-state index contributed by atoms with van der Waals surface area (Å²) in [6.07, 6.45) is 2.95. The van der Waals surface area contributed by atoms with E-state index in [-0.39, 0.29) is 0 Å². The molecule has 0 rings (SSSR count). The molecule has 0 saturated carbocycles. The van der Waals surface area contributed by atoms with Crippen molar-refractivity contribution in [3.8, 4) is 0 Å². The van der Waals surface area contributed by atoms with Gasteiger partial charge in [-0.15, -0.1) is 0 Å². The Balaban J connectivity index is 2.95. The van der Waals surface area contributed by atoms with Gasteiger partial charge in [-0.3, -0.25) is 5.32 Å². The Bertz CT molecular complexity index is 96.1. The minimum atomic E-state index is -0.656. The number of unbranched alkanes of at least 4 members (excludes halogenated alkanes) is 1. The lowest BCUT2D eigenvalue weighted by molar-refractivity contribution is 0.0702. The molecule has 0 aliphatic rings. The topological polar surface area (TPSA) is 41.5 Å². The number of aliphatic hydroxyl groups excluding tert-OH is 1. The van der Waals surface area contributed by atoms with Gasteiger partial charge in [0.25, 0.3) is 0 Å². The molecule has 0 fully saturated rings. The van der Waals surface area contributed by atoms with E-state index in [2.05, 4.69) is 18.8 Å². The van der Waals surface area contributed by atoms with Crippen molar-refractivity contribution < 1.29 is 9.84 Å². The van der Waals surface area contributed by atoms with Crippen molar-refractivity contribution in [2.45, 2.75) is 26.0 Å². The van der Waals surface area contributed by atoms with Crippen LogP contribution in [0.2, 0.25) is 0 Å². The number of nitrogens with one attached hydrogen (secondary N) is 1. The Hall–Kier alpha value is -0.380. The predicted octanol–water partition coefficient (Wildman–Crippen LogP) is 0.855. The van der Waals surface area contributed by atoms with Crippen LogP contribution in [0.25, 0.3) is 0 Å². The standard InChI is InChI=1S/C8H17NO2/c1-3-5-6-11-7-9-8(10)4-2/h4,8-10H,2-3,5-7H2,1H3. The number of hydrogen-bond acceptors (Lipinski definition) is 3. The van der Waals surface area contributed by atoms with E-state index in [1.54, 1.807) is 0 Å². The number of aliphatic hydroxyl groups is 1. The quantitative estimate of drug-likeness (QED) is 0.329. The smallest absolute Gasteiger partial charge is 0.125 e. The van der Waals surface area contributed by atoms with Crippen LogP contribution in [0.1, 0.15) is 19.8 Å². The van der Waals surface area contributed by atoms with Crippen molar-refractivity contribution in [2.24, 2.45) is 0 Å². The Kier molecular flexibility index (Phi) is 7.46. The lowest BCUT2D eigenvalue weighted by Gasteiger charge is -2.07. The first-order chi connectivity index (χ1) is 5.31. The molecule has 0 aromatic heterocycles. The van der Waals surface area contributed by atoms with Crippen molar-refractivity contribution in [1.29, 1.82) is 0 Å². The second kappa shape index (κ2) is 7.72. The SMILES string of the molecule is C=CC(O)NCOCCCC. The lowest BCUT2D eigenvalue weighted by Crippen LogP contribution is -2.28. The third-order valence-electron chi connectivity index (χ3n) is 1.26. The molecule has 0 heterocycles. The van der Waals surface area contributed by atoms with Gasteiger partial charge < -0.3 is 9.84 Å². The first-order valence-corrected chi connectivity index (χ1v) is 3.93. The molecule has 3 heteroatoms. The second-order valence-corrected chi connectivity index (χ2v) is 2.29. The molecule has 1 atom stereocenters. The Morgan fingerprint density at radius 3 is 3.00 bits per heavy atom. The fourth-order valence-corrected chi connectivity index (χ4v) is 0.546. The zero-order chi connectivity index (χ0) is 8.53. The molecule has 0 aromatic rings. The second-order valence-electron chi connectivity index (χ2n) is 2.29. The van der Waals surface area contributed by atoms with Crippen LogP contribution in [-0.2, 0) is 4.74 Å². The van der Waals surface area contributed by atoms with Gasteiger partial charge in [-0.1, -0.05) is 19.9 Å². The summed E-state index contributed by atoms with van der Waals surface area (Å²) < 4.78 is 5.13. The van der Waals surface area contributed by atoms with Crippen LogP contribution in [0.15, 0.2) is 12.7 Å². The molecule has 0 spiro atoms. The maximum absolute atomic E-state index is 8.91. The van der Waals surface area contributed by atoms with E-state index in [4.69, 9.17) is 9.84 Å². The summed E-state index contributed by atoms with van der Waals surface area (Å²) in [5.74, 6) is 0. The lowest BCUT2D eigenvalue weighted by atomic mass is 10.4. The maximum Gasteiger partial charge on any atom is 0.125 e. The molecule has 1 unspecified atom stereocenters. The average molecular weight is 159 g/mol. The number of rotatable bonds is 7. The minimum Gasteiger partial charge on any atom is -0.375 e. The number of hydrogen-bond donors (Lipinski definition) is 2. The van der Waals surface area contributed by atoms with E-state index in [0.29, 0.717) is 6.73 Å². The highest BCUT2D eigenvalue weighted by atomic mass is 16.5. The van der Waals surface area contributed by atoms with Crippen LogP contribution >= 0.6 is 0 Å². The zero-order valence-electron chi connectivity index (χ0n) is 7.05.